The van der Waals surface area contributed by atoms with Gasteiger partial charge in [0.05, 0.1) is 12.6 Å². The number of nitrogens with one attached hydrogen (secondary N) is 1. The second-order valence-electron chi connectivity index (χ2n) is 5.81. The molecule has 7 nitrogen and oxygen atoms in total. The number of aliphatic hydroxyl groups is 2. The van der Waals surface area contributed by atoms with Gasteiger partial charge in [-0.2, -0.15) is 0 Å². The van der Waals surface area contributed by atoms with Crippen molar-refractivity contribution in [2.45, 2.75) is 45.1 Å². The second kappa shape index (κ2) is 7.24. The molecule has 22 heavy (non-hydrogen) atoms. The highest BCUT2D eigenvalue weighted by atomic mass is 16.6. The van der Waals surface area contributed by atoms with Gasteiger partial charge in [-0.15, -0.1) is 0 Å². The van der Waals surface area contributed by atoms with Crippen molar-refractivity contribution in [2.75, 3.05) is 0 Å². The molecule has 1 amide bonds. The standard InChI is InChI=1S/C15H21NO6/c1-15(2,3)22-14(21)16-11(12(18)13(19)20)10-6-4-9(8-17)5-7-10/h4-7,11-12,17-18H,8H2,1-3H3,(H,16,21)(H,19,20)/t11-,12+/m0/s1. The van der Waals surface area contributed by atoms with Crippen LogP contribution in [0.5, 0.6) is 0 Å². The van der Waals surface area contributed by atoms with E-state index in [4.69, 9.17) is 14.9 Å². The lowest BCUT2D eigenvalue weighted by molar-refractivity contribution is -0.148. The summed E-state index contributed by atoms with van der Waals surface area (Å²) in [6, 6.07) is 5.04. The fourth-order valence-electron chi connectivity index (χ4n) is 1.75. The summed E-state index contributed by atoms with van der Waals surface area (Å²) >= 11 is 0. The molecule has 0 bridgehead atoms. The third-order valence-electron chi connectivity index (χ3n) is 2.76. The van der Waals surface area contributed by atoms with Crippen molar-refractivity contribution < 1.29 is 29.6 Å². The molecule has 7 heteroatoms. The van der Waals surface area contributed by atoms with Crippen LogP contribution in [0.3, 0.4) is 0 Å². The van der Waals surface area contributed by atoms with Crippen LogP contribution in [-0.4, -0.2) is 39.1 Å². The van der Waals surface area contributed by atoms with Crippen LogP contribution in [0.2, 0.25) is 0 Å². The Balaban J connectivity index is 2.97. The van der Waals surface area contributed by atoms with E-state index in [0.717, 1.165) is 0 Å². The minimum atomic E-state index is -1.83. The SMILES string of the molecule is CC(C)(C)OC(=O)N[C@@H](c1ccc(CO)cc1)[C@@H](O)C(=O)O. The first kappa shape index (κ1) is 17.9. The van der Waals surface area contributed by atoms with E-state index in [9.17, 15) is 14.7 Å². The molecule has 0 aliphatic carbocycles. The van der Waals surface area contributed by atoms with Crippen LogP contribution in [0.1, 0.15) is 37.9 Å². The molecule has 2 atom stereocenters. The summed E-state index contributed by atoms with van der Waals surface area (Å²) in [6.07, 6.45) is -2.66. The fourth-order valence-corrected chi connectivity index (χ4v) is 1.75. The minimum absolute atomic E-state index is 0.161. The highest BCUT2D eigenvalue weighted by Gasteiger charge is 2.30. The molecule has 1 aromatic rings. The lowest BCUT2D eigenvalue weighted by Gasteiger charge is -2.25. The Morgan fingerprint density at radius 3 is 2.18 bits per heavy atom. The number of aliphatic carboxylic acids is 1. The number of carbonyl (C=O) groups excluding carboxylic acids is 1. The number of rotatable bonds is 5. The molecule has 0 saturated heterocycles. The number of amides is 1. The van der Waals surface area contributed by atoms with E-state index >= 15 is 0 Å². The lowest BCUT2D eigenvalue weighted by atomic mass is 10.00. The van der Waals surface area contributed by atoms with Crippen molar-refractivity contribution in [3.63, 3.8) is 0 Å². The molecule has 0 aliphatic heterocycles. The Labute approximate surface area is 128 Å². The van der Waals surface area contributed by atoms with Crippen molar-refractivity contribution in [3.8, 4) is 0 Å². The number of carbonyl (C=O) groups is 2. The summed E-state index contributed by atoms with van der Waals surface area (Å²) in [5, 5.41) is 30.1. The van der Waals surface area contributed by atoms with Crippen LogP contribution in [-0.2, 0) is 16.1 Å². The first-order valence-electron chi connectivity index (χ1n) is 6.74. The molecule has 0 radical (unpaired) electrons. The van der Waals surface area contributed by atoms with Crippen LogP contribution in [0.4, 0.5) is 4.79 Å². The fraction of sp³-hybridized carbons (Fsp3) is 0.467. The number of hydrogen-bond acceptors (Lipinski definition) is 5. The predicted octanol–water partition coefficient (Wildman–Crippen LogP) is 1.19. The number of carboxylic acids is 1. The molecule has 0 aliphatic rings. The van der Waals surface area contributed by atoms with Gasteiger partial charge in [0.1, 0.15) is 5.60 Å². The number of benzene rings is 1. The van der Waals surface area contributed by atoms with E-state index in [0.29, 0.717) is 11.1 Å². The third-order valence-corrected chi connectivity index (χ3v) is 2.76. The van der Waals surface area contributed by atoms with Gasteiger partial charge in [0.15, 0.2) is 6.10 Å². The topological polar surface area (TPSA) is 116 Å². The van der Waals surface area contributed by atoms with Gasteiger partial charge in [-0.25, -0.2) is 9.59 Å². The summed E-state index contributed by atoms with van der Waals surface area (Å²) in [4.78, 5) is 22.8. The Kier molecular flexibility index (Phi) is 5.90. The summed E-state index contributed by atoms with van der Waals surface area (Å²) in [7, 11) is 0. The Bertz CT molecular complexity index is 520. The van der Waals surface area contributed by atoms with Gasteiger partial charge in [0, 0.05) is 0 Å². The van der Waals surface area contributed by atoms with Gasteiger partial charge in [0.2, 0.25) is 0 Å². The van der Waals surface area contributed by atoms with Crippen molar-refractivity contribution in [1.82, 2.24) is 5.32 Å². The van der Waals surface area contributed by atoms with Crippen molar-refractivity contribution in [1.29, 1.82) is 0 Å². The number of aliphatic hydroxyl groups excluding tert-OH is 2. The smallest absolute Gasteiger partial charge is 0.408 e. The van der Waals surface area contributed by atoms with Crippen LogP contribution in [0.15, 0.2) is 24.3 Å². The Hall–Kier alpha value is -2.12. The van der Waals surface area contributed by atoms with Crippen molar-refractivity contribution in [2.24, 2.45) is 0 Å². The Morgan fingerprint density at radius 2 is 1.77 bits per heavy atom. The molecule has 1 rings (SSSR count). The first-order valence-corrected chi connectivity index (χ1v) is 6.74. The first-order chi connectivity index (χ1) is 10.1. The highest BCUT2D eigenvalue weighted by Crippen LogP contribution is 2.19. The molecule has 0 unspecified atom stereocenters. The van der Waals surface area contributed by atoms with E-state index in [1.165, 1.54) is 12.1 Å². The number of alkyl carbamates (subject to hydrolysis) is 1. The van der Waals surface area contributed by atoms with Gasteiger partial charge in [-0.05, 0) is 31.9 Å². The molecule has 0 heterocycles. The van der Waals surface area contributed by atoms with E-state index in [2.05, 4.69) is 5.32 Å². The minimum Gasteiger partial charge on any atom is -0.479 e. The van der Waals surface area contributed by atoms with Gasteiger partial charge in [-0.1, -0.05) is 24.3 Å². The number of carboxylic acid groups (broad SMARTS) is 1. The lowest BCUT2D eigenvalue weighted by Crippen LogP contribution is -2.42. The summed E-state index contributed by atoms with van der Waals surface area (Å²) in [5.41, 5.74) is 0.270. The number of ether oxygens (including phenoxy) is 1. The molecule has 4 N–H and O–H groups in total. The van der Waals surface area contributed by atoms with E-state index < -0.39 is 29.8 Å². The monoisotopic (exact) mass is 311 g/mol. The summed E-state index contributed by atoms with van der Waals surface area (Å²) < 4.78 is 5.07. The van der Waals surface area contributed by atoms with E-state index in [1.807, 2.05) is 0 Å². The van der Waals surface area contributed by atoms with E-state index in [-0.39, 0.29) is 6.61 Å². The summed E-state index contributed by atoms with van der Waals surface area (Å²) in [6.45, 7) is 4.85. The molecule has 0 aromatic heterocycles. The molecule has 0 spiro atoms. The zero-order valence-corrected chi connectivity index (χ0v) is 12.7. The number of hydrogen-bond donors (Lipinski definition) is 4. The largest absolute Gasteiger partial charge is 0.479 e. The maximum Gasteiger partial charge on any atom is 0.408 e. The van der Waals surface area contributed by atoms with Gasteiger partial charge in [-0.3, -0.25) is 0 Å². The highest BCUT2D eigenvalue weighted by molar-refractivity contribution is 5.75. The third kappa shape index (κ3) is 5.34. The average Bonchev–Trinajstić information content (AvgIpc) is 2.42. The van der Waals surface area contributed by atoms with Crippen LogP contribution < -0.4 is 5.32 Å². The van der Waals surface area contributed by atoms with E-state index in [1.54, 1.807) is 32.9 Å². The summed E-state index contributed by atoms with van der Waals surface area (Å²) in [5.74, 6) is -1.47. The van der Waals surface area contributed by atoms with Crippen molar-refractivity contribution in [3.05, 3.63) is 35.4 Å². The maximum absolute atomic E-state index is 11.8. The quantitative estimate of drug-likeness (QED) is 0.649. The molecular weight excluding hydrogens is 290 g/mol. The maximum atomic E-state index is 11.8. The van der Waals surface area contributed by atoms with Gasteiger partial charge < -0.3 is 25.4 Å². The van der Waals surface area contributed by atoms with Gasteiger partial charge in [0.25, 0.3) is 0 Å². The average molecular weight is 311 g/mol. The van der Waals surface area contributed by atoms with Crippen LogP contribution in [0.25, 0.3) is 0 Å². The van der Waals surface area contributed by atoms with Gasteiger partial charge >= 0.3 is 12.1 Å². The molecule has 1 aromatic carbocycles. The predicted molar refractivity (Wildman–Crippen MR) is 78.1 cm³/mol. The molecular formula is C15H21NO6. The Morgan fingerprint density at radius 1 is 1.23 bits per heavy atom. The zero-order chi connectivity index (χ0) is 16.9. The molecule has 0 fully saturated rings. The molecule has 0 saturated carbocycles. The normalized spacial score (nSPS) is 14.0. The zero-order valence-electron chi connectivity index (χ0n) is 12.7. The second-order valence-corrected chi connectivity index (χ2v) is 5.81. The van der Waals surface area contributed by atoms with Crippen LogP contribution >= 0.6 is 0 Å². The molecule has 122 valence electrons. The van der Waals surface area contributed by atoms with Crippen molar-refractivity contribution >= 4 is 12.1 Å². The van der Waals surface area contributed by atoms with Crippen LogP contribution in [0, 0.1) is 0 Å².